The van der Waals surface area contributed by atoms with E-state index in [0.717, 1.165) is 25.2 Å². The highest BCUT2D eigenvalue weighted by Crippen LogP contribution is 2.23. The molecule has 0 saturated carbocycles. The van der Waals surface area contributed by atoms with Gasteiger partial charge < -0.3 is 15.5 Å². The van der Waals surface area contributed by atoms with Crippen molar-refractivity contribution in [1.82, 2.24) is 15.3 Å². The van der Waals surface area contributed by atoms with Crippen molar-refractivity contribution in [2.75, 3.05) is 29.9 Å². The van der Waals surface area contributed by atoms with Gasteiger partial charge in [0.25, 0.3) is 5.91 Å². The van der Waals surface area contributed by atoms with E-state index in [-0.39, 0.29) is 5.91 Å². The van der Waals surface area contributed by atoms with E-state index < -0.39 is 0 Å². The predicted molar refractivity (Wildman–Crippen MR) is 110 cm³/mol. The summed E-state index contributed by atoms with van der Waals surface area (Å²) in [6.45, 7) is 7.19. The monoisotopic (exact) mass is 367 g/mol. The van der Waals surface area contributed by atoms with Gasteiger partial charge in [0.05, 0.1) is 12.4 Å². The molecule has 1 aromatic carbocycles. The number of nitrogens with one attached hydrogen (secondary N) is 2. The zero-order chi connectivity index (χ0) is 19.1. The third-order valence-electron chi connectivity index (χ3n) is 4.75. The number of piperidine rings is 1. The Morgan fingerprint density at radius 2 is 1.81 bits per heavy atom. The number of rotatable bonds is 7. The maximum absolute atomic E-state index is 12.0. The summed E-state index contributed by atoms with van der Waals surface area (Å²) in [5.74, 6) is 1.00. The lowest BCUT2D eigenvalue weighted by Crippen LogP contribution is -2.29. The first-order valence-corrected chi connectivity index (χ1v) is 9.84. The van der Waals surface area contributed by atoms with Gasteiger partial charge in [-0.05, 0) is 55.9 Å². The highest BCUT2D eigenvalue weighted by molar-refractivity contribution is 5.92. The van der Waals surface area contributed by atoms with Gasteiger partial charge >= 0.3 is 0 Å². The van der Waals surface area contributed by atoms with Gasteiger partial charge in [-0.25, -0.2) is 9.97 Å². The van der Waals surface area contributed by atoms with Crippen molar-refractivity contribution in [3.8, 4) is 0 Å². The second-order valence-electron chi connectivity index (χ2n) is 7.44. The number of hydrogen-bond acceptors (Lipinski definition) is 5. The first-order chi connectivity index (χ1) is 13.1. The van der Waals surface area contributed by atoms with Crippen LogP contribution in [0.2, 0.25) is 0 Å². The van der Waals surface area contributed by atoms with Gasteiger partial charge in [0.2, 0.25) is 0 Å². The molecule has 2 heterocycles. The van der Waals surface area contributed by atoms with E-state index in [9.17, 15) is 4.79 Å². The zero-order valence-electron chi connectivity index (χ0n) is 16.2. The fourth-order valence-corrected chi connectivity index (χ4v) is 3.13. The summed E-state index contributed by atoms with van der Waals surface area (Å²) in [6, 6.07) is 8.38. The van der Waals surface area contributed by atoms with Crippen LogP contribution in [0, 0.1) is 5.92 Å². The Bertz CT molecular complexity index is 721. The Hall–Kier alpha value is -2.63. The lowest BCUT2D eigenvalue weighted by Gasteiger charge is -2.28. The van der Waals surface area contributed by atoms with E-state index in [1.807, 2.05) is 0 Å². The summed E-state index contributed by atoms with van der Waals surface area (Å²) >= 11 is 0. The van der Waals surface area contributed by atoms with Crippen molar-refractivity contribution < 1.29 is 4.79 Å². The number of hydrogen-bond donors (Lipinski definition) is 2. The number of benzene rings is 1. The topological polar surface area (TPSA) is 70.2 Å². The quantitative estimate of drug-likeness (QED) is 0.774. The van der Waals surface area contributed by atoms with Gasteiger partial charge in [0, 0.05) is 31.0 Å². The van der Waals surface area contributed by atoms with Crippen LogP contribution in [0.25, 0.3) is 0 Å². The predicted octanol–water partition coefficient (Wildman–Crippen LogP) is 3.99. The largest absolute Gasteiger partial charge is 0.372 e. The first-order valence-electron chi connectivity index (χ1n) is 9.84. The molecular formula is C21H29N5O. The van der Waals surface area contributed by atoms with Crippen LogP contribution in [-0.4, -0.2) is 35.5 Å². The molecule has 2 aromatic rings. The molecule has 1 amide bonds. The number of nitrogens with zero attached hydrogens (tertiary/aromatic N) is 3. The highest BCUT2D eigenvalue weighted by atomic mass is 16.1. The number of anilines is 3. The van der Waals surface area contributed by atoms with Crippen molar-refractivity contribution in [2.24, 2.45) is 5.92 Å². The van der Waals surface area contributed by atoms with Crippen LogP contribution in [0.4, 0.5) is 17.2 Å². The summed E-state index contributed by atoms with van der Waals surface area (Å²) in [7, 11) is 0. The van der Waals surface area contributed by atoms with E-state index in [4.69, 9.17) is 0 Å². The fraction of sp³-hybridized carbons (Fsp3) is 0.476. The van der Waals surface area contributed by atoms with Crippen LogP contribution in [0.15, 0.2) is 36.7 Å². The van der Waals surface area contributed by atoms with Crippen molar-refractivity contribution in [2.45, 2.75) is 39.5 Å². The van der Waals surface area contributed by atoms with Crippen molar-refractivity contribution in [1.29, 1.82) is 0 Å². The van der Waals surface area contributed by atoms with Crippen LogP contribution < -0.4 is 15.5 Å². The van der Waals surface area contributed by atoms with Crippen LogP contribution in [-0.2, 0) is 0 Å². The molecule has 0 spiro atoms. The van der Waals surface area contributed by atoms with Gasteiger partial charge in [0.15, 0.2) is 0 Å². The van der Waals surface area contributed by atoms with E-state index in [1.54, 1.807) is 6.20 Å². The molecule has 0 aliphatic carbocycles. The Morgan fingerprint density at radius 1 is 1.07 bits per heavy atom. The Balaban J connectivity index is 1.54. The molecule has 0 radical (unpaired) electrons. The number of aromatic nitrogens is 2. The average Bonchev–Trinajstić information content (AvgIpc) is 2.69. The first kappa shape index (κ1) is 19.1. The normalized spacial score (nSPS) is 14.3. The minimum Gasteiger partial charge on any atom is -0.372 e. The molecule has 2 N–H and O–H groups in total. The van der Waals surface area contributed by atoms with Crippen LogP contribution in [0.5, 0.6) is 0 Å². The molecule has 1 fully saturated rings. The lowest BCUT2D eigenvalue weighted by molar-refractivity contribution is 0.0946. The molecule has 1 aliphatic rings. The summed E-state index contributed by atoms with van der Waals surface area (Å²) in [6.07, 6.45) is 7.93. The Labute approximate surface area is 161 Å². The molecule has 1 aliphatic heterocycles. The zero-order valence-corrected chi connectivity index (χ0v) is 16.2. The Kier molecular flexibility index (Phi) is 6.63. The van der Waals surface area contributed by atoms with Gasteiger partial charge in [-0.2, -0.15) is 0 Å². The van der Waals surface area contributed by atoms with E-state index in [2.05, 4.69) is 63.6 Å². The third-order valence-corrected chi connectivity index (χ3v) is 4.75. The molecule has 27 heavy (non-hydrogen) atoms. The minimum absolute atomic E-state index is 0.180. The van der Waals surface area contributed by atoms with Crippen LogP contribution in [0.3, 0.4) is 0 Å². The second-order valence-corrected chi connectivity index (χ2v) is 7.44. The van der Waals surface area contributed by atoms with Crippen LogP contribution in [0.1, 0.15) is 50.0 Å². The summed E-state index contributed by atoms with van der Waals surface area (Å²) < 4.78 is 0. The van der Waals surface area contributed by atoms with Crippen molar-refractivity contribution >= 4 is 23.1 Å². The maximum Gasteiger partial charge on any atom is 0.271 e. The lowest BCUT2D eigenvalue weighted by atomic mass is 10.1. The van der Waals surface area contributed by atoms with Crippen molar-refractivity contribution in [3.63, 3.8) is 0 Å². The minimum atomic E-state index is -0.180. The molecule has 0 bridgehead atoms. The SMILES string of the molecule is CC(C)CCNC(=O)c1cnc(Nc2ccc(N3CCCCC3)cc2)cn1. The second kappa shape index (κ2) is 9.35. The molecule has 6 heteroatoms. The standard InChI is InChI=1S/C21H29N5O/c1-16(2)10-11-22-21(27)19-14-24-20(15-23-19)25-17-6-8-18(9-7-17)26-12-4-3-5-13-26/h6-9,14-16H,3-5,10-13H2,1-2H3,(H,22,27)(H,24,25). The maximum atomic E-state index is 12.0. The molecule has 0 unspecified atom stereocenters. The molecule has 144 valence electrons. The van der Waals surface area contributed by atoms with Gasteiger partial charge in [0.1, 0.15) is 11.5 Å². The summed E-state index contributed by atoms with van der Waals surface area (Å²) in [5.41, 5.74) is 2.56. The average molecular weight is 367 g/mol. The number of carbonyl (C=O) groups excluding carboxylic acids is 1. The Morgan fingerprint density at radius 3 is 2.44 bits per heavy atom. The molecule has 6 nitrogen and oxygen atoms in total. The van der Waals surface area contributed by atoms with Gasteiger partial charge in [-0.1, -0.05) is 13.8 Å². The van der Waals surface area contributed by atoms with Crippen LogP contribution >= 0.6 is 0 Å². The van der Waals surface area contributed by atoms with E-state index in [1.165, 1.54) is 31.1 Å². The summed E-state index contributed by atoms with van der Waals surface area (Å²) in [4.78, 5) is 23.0. The number of amides is 1. The molecule has 1 saturated heterocycles. The van der Waals surface area contributed by atoms with Gasteiger partial charge in [-0.3, -0.25) is 4.79 Å². The molecule has 1 aromatic heterocycles. The van der Waals surface area contributed by atoms with Gasteiger partial charge in [-0.15, -0.1) is 0 Å². The summed E-state index contributed by atoms with van der Waals surface area (Å²) in [5, 5.41) is 6.10. The number of carbonyl (C=O) groups is 1. The molecular weight excluding hydrogens is 338 g/mol. The van der Waals surface area contributed by atoms with E-state index in [0.29, 0.717) is 24.0 Å². The molecule has 3 rings (SSSR count). The smallest absolute Gasteiger partial charge is 0.271 e. The fourth-order valence-electron chi connectivity index (χ4n) is 3.13. The van der Waals surface area contributed by atoms with Crippen molar-refractivity contribution in [3.05, 3.63) is 42.4 Å². The molecule has 0 atom stereocenters. The third kappa shape index (κ3) is 5.67. The highest BCUT2D eigenvalue weighted by Gasteiger charge is 2.11. The van der Waals surface area contributed by atoms with E-state index >= 15 is 0 Å².